The Labute approximate surface area is 111 Å². The molecule has 0 aliphatic carbocycles. The third-order valence-electron chi connectivity index (χ3n) is 3.02. The highest BCUT2D eigenvalue weighted by Gasteiger charge is 2.27. The van der Waals surface area contributed by atoms with Gasteiger partial charge < -0.3 is 0 Å². The number of aryl methyl sites for hydroxylation is 2. The number of likely N-dealkylation sites (N-methyl/N-ethyl adjacent to an activating group) is 1. The summed E-state index contributed by atoms with van der Waals surface area (Å²) in [5, 5.41) is 0. The molecule has 0 saturated carbocycles. The van der Waals surface area contributed by atoms with E-state index in [1.165, 1.54) is 11.9 Å². The van der Waals surface area contributed by atoms with Crippen molar-refractivity contribution in [1.82, 2.24) is 4.90 Å². The van der Waals surface area contributed by atoms with E-state index in [1.807, 2.05) is 19.9 Å². The summed E-state index contributed by atoms with van der Waals surface area (Å²) in [6.45, 7) is 3.68. The van der Waals surface area contributed by atoms with Crippen LogP contribution in [-0.4, -0.2) is 37.0 Å². The Morgan fingerprint density at radius 3 is 2.37 bits per heavy atom. The van der Waals surface area contributed by atoms with Gasteiger partial charge in [0, 0.05) is 12.1 Å². The van der Waals surface area contributed by atoms with E-state index in [0.717, 1.165) is 11.1 Å². The van der Waals surface area contributed by atoms with Gasteiger partial charge in [-0.15, -0.1) is 0 Å². The van der Waals surface area contributed by atoms with Crippen LogP contribution in [0.1, 0.15) is 27.9 Å². The van der Waals surface area contributed by atoms with Crippen molar-refractivity contribution in [3.63, 3.8) is 0 Å². The van der Waals surface area contributed by atoms with Crippen LogP contribution in [0.3, 0.4) is 0 Å². The molecule has 19 heavy (non-hydrogen) atoms. The van der Waals surface area contributed by atoms with Crippen LogP contribution in [0.15, 0.2) is 18.2 Å². The molecule has 0 N–H and O–H groups in total. The van der Waals surface area contributed by atoms with E-state index in [4.69, 9.17) is 0 Å². The Morgan fingerprint density at radius 2 is 1.84 bits per heavy atom. The van der Waals surface area contributed by atoms with Crippen molar-refractivity contribution in [3.05, 3.63) is 34.9 Å². The van der Waals surface area contributed by atoms with Crippen molar-refractivity contribution in [2.75, 3.05) is 20.1 Å². The number of hydrogen-bond donors (Lipinski definition) is 0. The molecule has 1 aromatic rings. The van der Waals surface area contributed by atoms with Crippen LogP contribution in [0, 0.1) is 13.8 Å². The maximum absolute atomic E-state index is 12.1. The zero-order valence-corrected chi connectivity index (χ0v) is 11.3. The standard InChI is InChI=1S/C14H18F3NO/c1-10-4-5-12(8-11(10)2)13(19)9-18(3)7-6-14(15,16)17/h4-5,8H,6-7,9H2,1-3H3. The molecule has 0 aromatic heterocycles. The largest absolute Gasteiger partial charge is 0.390 e. The van der Waals surface area contributed by atoms with Gasteiger partial charge in [0.1, 0.15) is 0 Å². The number of nitrogens with zero attached hydrogens (tertiary/aromatic N) is 1. The van der Waals surface area contributed by atoms with E-state index in [0.29, 0.717) is 5.56 Å². The number of carbonyl (C=O) groups excluding carboxylic acids is 1. The maximum Gasteiger partial charge on any atom is 0.390 e. The van der Waals surface area contributed by atoms with Gasteiger partial charge >= 0.3 is 6.18 Å². The fraction of sp³-hybridized carbons (Fsp3) is 0.500. The van der Waals surface area contributed by atoms with Crippen LogP contribution in [0.2, 0.25) is 0 Å². The highest BCUT2D eigenvalue weighted by molar-refractivity contribution is 5.97. The summed E-state index contributed by atoms with van der Waals surface area (Å²) >= 11 is 0. The molecule has 0 radical (unpaired) electrons. The Hall–Kier alpha value is -1.36. The molecule has 0 atom stereocenters. The average molecular weight is 273 g/mol. The molecule has 5 heteroatoms. The molecule has 1 aromatic carbocycles. The van der Waals surface area contributed by atoms with Crippen LogP contribution in [-0.2, 0) is 0 Å². The number of rotatable bonds is 5. The minimum Gasteiger partial charge on any atom is -0.299 e. The molecule has 0 aliphatic rings. The molecule has 0 heterocycles. The van der Waals surface area contributed by atoms with Crippen molar-refractivity contribution in [3.8, 4) is 0 Å². The SMILES string of the molecule is Cc1ccc(C(=O)CN(C)CCC(F)(F)F)cc1C. The lowest BCUT2D eigenvalue weighted by atomic mass is 10.0. The first-order valence-corrected chi connectivity index (χ1v) is 6.05. The molecule has 0 unspecified atom stereocenters. The molecule has 0 bridgehead atoms. The quantitative estimate of drug-likeness (QED) is 0.767. The van der Waals surface area contributed by atoms with Crippen LogP contribution in [0.25, 0.3) is 0 Å². The van der Waals surface area contributed by atoms with Crippen molar-refractivity contribution in [1.29, 1.82) is 0 Å². The molecule has 0 fully saturated rings. The number of hydrogen-bond acceptors (Lipinski definition) is 2. The van der Waals surface area contributed by atoms with Crippen molar-refractivity contribution >= 4 is 5.78 Å². The fourth-order valence-electron chi connectivity index (χ4n) is 1.65. The van der Waals surface area contributed by atoms with Gasteiger partial charge in [0.05, 0.1) is 13.0 Å². The number of alkyl halides is 3. The first-order valence-electron chi connectivity index (χ1n) is 6.05. The van der Waals surface area contributed by atoms with E-state index in [1.54, 1.807) is 12.1 Å². The highest BCUT2D eigenvalue weighted by Crippen LogP contribution is 2.19. The van der Waals surface area contributed by atoms with E-state index >= 15 is 0 Å². The molecular weight excluding hydrogens is 255 g/mol. The average Bonchev–Trinajstić information content (AvgIpc) is 2.29. The van der Waals surface area contributed by atoms with Gasteiger partial charge in [0.2, 0.25) is 0 Å². The number of halogens is 3. The van der Waals surface area contributed by atoms with Gasteiger partial charge in [-0.1, -0.05) is 12.1 Å². The second-order valence-electron chi connectivity index (χ2n) is 4.83. The smallest absolute Gasteiger partial charge is 0.299 e. The van der Waals surface area contributed by atoms with E-state index in [-0.39, 0.29) is 18.9 Å². The summed E-state index contributed by atoms with van der Waals surface area (Å²) in [6.07, 6.45) is -5.08. The van der Waals surface area contributed by atoms with Crippen molar-refractivity contribution in [2.45, 2.75) is 26.4 Å². The molecule has 0 amide bonds. The molecule has 0 saturated heterocycles. The lowest BCUT2D eigenvalue weighted by Gasteiger charge is -2.17. The minimum atomic E-state index is -4.18. The zero-order valence-electron chi connectivity index (χ0n) is 11.3. The Bertz CT molecular complexity index is 454. The van der Waals surface area contributed by atoms with Crippen LogP contribution in [0.4, 0.5) is 13.2 Å². The predicted octanol–water partition coefficient (Wildman–Crippen LogP) is 3.37. The number of ketones is 1. The number of carbonyl (C=O) groups is 1. The first kappa shape index (κ1) is 15.7. The number of Topliss-reactive ketones (excluding diaryl/α,β-unsaturated/α-hetero) is 1. The monoisotopic (exact) mass is 273 g/mol. The third-order valence-corrected chi connectivity index (χ3v) is 3.02. The highest BCUT2D eigenvalue weighted by atomic mass is 19.4. The first-order chi connectivity index (χ1) is 8.69. The Balaban J connectivity index is 2.57. The van der Waals surface area contributed by atoms with Gasteiger partial charge in [-0.3, -0.25) is 9.69 Å². The zero-order chi connectivity index (χ0) is 14.6. The lowest BCUT2D eigenvalue weighted by Crippen LogP contribution is -2.29. The topological polar surface area (TPSA) is 20.3 Å². The summed E-state index contributed by atoms with van der Waals surface area (Å²) < 4.78 is 36.2. The van der Waals surface area contributed by atoms with Crippen molar-refractivity contribution in [2.24, 2.45) is 0 Å². The molecule has 106 valence electrons. The Kier molecular flexibility index (Phi) is 5.11. The van der Waals surface area contributed by atoms with Gasteiger partial charge in [-0.25, -0.2) is 0 Å². The summed E-state index contributed by atoms with van der Waals surface area (Å²) in [5.41, 5.74) is 2.63. The van der Waals surface area contributed by atoms with Gasteiger partial charge in [-0.2, -0.15) is 13.2 Å². The fourth-order valence-corrected chi connectivity index (χ4v) is 1.65. The van der Waals surface area contributed by atoms with Crippen molar-refractivity contribution < 1.29 is 18.0 Å². The summed E-state index contributed by atoms with van der Waals surface area (Å²) in [6, 6.07) is 5.33. The van der Waals surface area contributed by atoms with Crippen LogP contribution >= 0.6 is 0 Å². The molecule has 1 rings (SSSR count). The number of benzene rings is 1. The Morgan fingerprint density at radius 1 is 1.21 bits per heavy atom. The molecular formula is C14H18F3NO. The second kappa shape index (κ2) is 6.19. The van der Waals surface area contributed by atoms with E-state index < -0.39 is 12.6 Å². The summed E-state index contributed by atoms with van der Waals surface area (Å²) in [7, 11) is 1.52. The van der Waals surface area contributed by atoms with Gasteiger partial charge in [0.15, 0.2) is 5.78 Å². The van der Waals surface area contributed by atoms with E-state index in [2.05, 4.69) is 0 Å². The molecule has 0 spiro atoms. The summed E-state index contributed by atoms with van der Waals surface area (Å²) in [5.74, 6) is -0.159. The van der Waals surface area contributed by atoms with Gasteiger partial charge in [-0.05, 0) is 38.1 Å². The van der Waals surface area contributed by atoms with Crippen LogP contribution in [0.5, 0.6) is 0 Å². The van der Waals surface area contributed by atoms with Gasteiger partial charge in [0.25, 0.3) is 0 Å². The third kappa shape index (κ3) is 5.42. The second-order valence-corrected chi connectivity index (χ2v) is 4.83. The van der Waals surface area contributed by atoms with E-state index in [9.17, 15) is 18.0 Å². The lowest BCUT2D eigenvalue weighted by molar-refractivity contribution is -0.137. The summed E-state index contributed by atoms with van der Waals surface area (Å²) in [4.78, 5) is 13.3. The predicted molar refractivity (Wildman–Crippen MR) is 68.4 cm³/mol. The molecule has 2 nitrogen and oxygen atoms in total. The normalized spacial score (nSPS) is 11.9. The minimum absolute atomic E-state index is 0.00141. The van der Waals surface area contributed by atoms with Crippen LogP contribution < -0.4 is 0 Å². The maximum atomic E-state index is 12.1. The molecule has 0 aliphatic heterocycles.